The molecule has 3 N–H and O–H groups in total. The fourth-order valence-electron chi connectivity index (χ4n) is 4.00. The van der Waals surface area contributed by atoms with Crippen LogP contribution in [-0.4, -0.2) is 34.7 Å². The number of ether oxygens (including phenoxy) is 2. The third kappa shape index (κ3) is 4.20. The van der Waals surface area contributed by atoms with Crippen LogP contribution in [0.4, 0.5) is 5.82 Å². The largest absolute Gasteiger partial charge is 0.497 e. The lowest BCUT2D eigenvalue weighted by molar-refractivity contribution is 0.0953. The van der Waals surface area contributed by atoms with Crippen molar-refractivity contribution in [3.63, 3.8) is 0 Å². The molecule has 1 amide bonds. The van der Waals surface area contributed by atoms with Gasteiger partial charge in [0.05, 0.1) is 30.9 Å². The van der Waals surface area contributed by atoms with Crippen molar-refractivity contribution >= 4 is 45.5 Å². The zero-order valence-electron chi connectivity index (χ0n) is 19.1. The molecule has 0 aliphatic rings. The Labute approximate surface area is 206 Å². The summed E-state index contributed by atoms with van der Waals surface area (Å²) in [5.41, 5.74) is 10.5. The minimum atomic E-state index is -0.375. The average molecular weight is 488 g/mol. The molecule has 0 fully saturated rings. The average Bonchev–Trinajstić information content (AvgIpc) is 3.16. The number of nitrogens with zero attached hydrogens (tertiary/aromatic N) is 3. The number of rotatable bonds is 6. The summed E-state index contributed by atoms with van der Waals surface area (Å²) >= 11 is 6.24. The Morgan fingerprint density at radius 1 is 0.971 bits per heavy atom. The van der Waals surface area contributed by atoms with Gasteiger partial charge in [0.15, 0.2) is 5.65 Å². The summed E-state index contributed by atoms with van der Waals surface area (Å²) in [6.07, 6.45) is 0. The number of anilines is 1. The van der Waals surface area contributed by atoms with E-state index < -0.39 is 0 Å². The molecule has 35 heavy (non-hydrogen) atoms. The Morgan fingerprint density at radius 3 is 2.31 bits per heavy atom. The van der Waals surface area contributed by atoms with E-state index in [0.717, 1.165) is 5.56 Å². The van der Waals surface area contributed by atoms with Gasteiger partial charge in [-0.15, -0.1) is 0 Å². The standard InChI is InChI=1S/C26H22ClN5O3/c1-34-18-10-15(11-19(13-18)35-2)14-29-26(33)22-23-25(31-21-9-4-3-8-20(21)30-23)32(24(22)28)17-7-5-6-16(27)12-17/h3-13H,14,28H2,1-2H3,(H,29,33). The number of fused-ring (bicyclic) bond motifs is 2. The number of aromatic nitrogens is 3. The van der Waals surface area contributed by atoms with Crippen LogP contribution in [0.25, 0.3) is 27.9 Å². The molecule has 0 saturated carbocycles. The topological polar surface area (TPSA) is 104 Å². The minimum Gasteiger partial charge on any atom is -0.497 e. The zero-order valence-corrected chi connectivity index (χ0v) is 19.8. The van der Waals surface area contributed by atoms with Gasteiger partial charge in [0, 0.05) is 17.6 Å². The predicted octanol–water partition coefficient (Wildman–Crippen LogP) is 4.76. The van der Waals surface area contributed by atoms with Gasteiger partial charge in [-0.2, -0.15) is 0 Å². The van der Waals surface area contributed by atoms with Crippen molar-refractivity contribution in [3.05, 3.63) is 82.9 Å². The van der Waals surface area contributed by atoms with Crippen LogP contribution in [-0.2, 0) is 6.54 Å². The number of nitrogen functional groups attached to an aromatic ring is 1. The first-order valence-electron chi connectivity index (χ1n) is 10.8. The van der Waals surface area contributed by atoms with Crippen molar-refractivity contribution in [2.24, 2.45) is 0 Å². The van der Waals surface area contributed by atoms with Crippen molar-refractivity contribution in [2.45, 2.75) is 6.54 Å². The summed E-state index contributed by atoms with van der Waals surface area (Å²) in [6.45, 7) is 0.233. The number of benzene rings is 3. The molecule has 0 atom stereocenters. The monoisotopic (exact) mass is 487 g/mol. The van der Waals surface area contributed by atoms with Gasteiger partial charge < -0.3 is 20.5 Å². The Kier molecular flexibility index (Phi) is 5.88. The van der Waals surface area contributed by atoms with E-state index in [9.17, 15) is 4.79 Å². The van der Waals surface area contributed by atoms with Crippen LogP contribution in [0.5, 0.6) is 11.5 Å². The second-order valence-electron chi connectivity index (χ2n) is 7.86. The molecule has 0 bridgehead atoms. The third-order valence-electron chi connectivity index (χ3n) is 5.66. The summed E-state index contributed by atoms with van der Waals surface area (Å²) in [5.74, 6) is 1.10. The van der Waals surface area contributed by atoms with Crippen LogP contribution in [0.1, 0.15) is 15.9 Å². The number of carbonyl (C=O) groups is 1. The second kappa shape index (κ2) is 9.15. The van der Waals surface area contributed by atoms with E-state index in [4.69, 9.17) is 36.8 Å². The lowest BCUT2D eigenvalue weighted by Gasteiger charge is -2.10. The first-order valence-corrected chi connectivity index (χ1v) is 11.2. The smallest absolute Gasteiger partial charge is 0.257 e. The van der Waals surface area contributed by atoms with E-state index in [-0.39, 0.29) is 23.8 Å². The van der Waals surface area contributed by atoms with Gasteiger partial charge in [0.25, 0.3) is 5.91 Å². The molecule has 9 heteroatoms. The van der Waals surface area contributed by atoms with Gasteiger partial charge >= 0.3 is 0 Å². The van der Waals surface area contributed by atoms with Crippen LogP contribution >= 0.6 is 11.6 Å². The second-order valence-corrected chi connectivity index (χ2v) is 8.30. The number of methoxy groups -OCH3 is 2. The molecular formula is C26H22ClN5O3. The highest BCUT2D eigenvalue weighted by molar-refractivity contribution is 6.30. The molecular weight excluding hydrogens is 466 g/mol. The molecule has 8 nitrogen and oxygen atoms in total. The maximum Gasteiger partial charge on any atom is 0.257 e. The molecule has 0 aliphatic heterocycles. The van der Waals surface area contributed by atoms with E-state index in [2.05, 4.69) is 5.32 Å². The minimum absolute atomic E-state index is 0.221. The van der Waals surface area contributed by atoms with Crippen LogP contribution < -0.4 is 20.5 Å². The lowest BCUT2D eigenvalue weighted by Crippen LogP contribution is -2.24. The molecule has 2 aromatic heterocycles. The first-order chi connectivity index (χ1) is 17.0. The van der Waals surface area contributed by atoms with Gasteiger partial charge in [-0.05, 0) is 48.0 Å². The highest BCUT2D eigenvalue weighted by Crippen LogP contribution is 2.32. The highest BCUT2D eigenvalue weighted by Gasteiger charge is 2.25. The van der Waals surface area contributed by atoms with E-state index in [1.165, 1.54) is 0 Å². The van der Waals surface area contributed by atoms with E-state index in [1.54, 1.807) is 37.0 Å². The number of carbonyl (C=O) groups excluding carboxylic acids is 1. The number of halogens is 1. The van der Waals surface area contributed by atoms with E-state index in [1.807, 2.05) is 48.5 Å². The predicted molar refractivity (Wildman–Crippen MR) is 137 cm³/mol. The fourth-order valence-corrected chi connectivity index (χ4v) is 4.19. The van der Waals surface area contributed by atoms with Crippen molar-refractivity contribution in [1.29, 1.82) is 0 Å². The van der Waals surface area contributed by atoms with Crippen molar-refractivity contribution in [3.8, 4) is 17.2 Å². The Bertz CT molecular complexity index is 1560. The lowest BCUT2D eigenvalue weighted by atomic mass is 10.2. The van der Waals surface area contributed by atoms with Gasteiger partial charge in [0.1, 0.15) is 28.4 Å². The molecule has 5 aromatic rings. The first kappa shape index (κ1) is 22.5. The van der Waals surface area contributed by atoms with Crippen LogP contribution in [0.3, 0.4) is 0 Å². The maximum absolute atomic E-state index is 13.4. The molecule has 0 radical (unpaired) electrons. The zero-order chi connectivity index (χ0) is 24.5. The summed E-state index contributed by atoms with van der Waals surface area (Å²) < 4.78 is 12.3. The van der Waals surface area contributed by atoms with Gasteiger partial charge in [-0.3, -0.25) is 9.36 Å². The molecule has 176 valence electrons. The Morgan fingerprint density at radius 2 is 1.66 bits per heavy atom. The highest BCUT2D eigenvalue weighted by atomic mass is 35.5. The van der Waals surface area contributed by atoms with Crippen molar-refractivity contribution < 1.29 is 14.3 Å². The third-order valence-corrected chi connectivity index (χ3v) is 5.89. The van der Waals surface area contributed by atoms with Crippen molar-refractivity contribution in [1.82, 2.24) is 19.9 Å². The molecule has 2 heterocycles. The number of para-hydroxylation sites is 2. The summed E-state index contributed by atoms with van der Waals surface area (Å²) in [5, 5.41) is 3.48. The molecule has 0 unspecified atom stereocenters. The summed E-state index contributed by atoms with van der Waals surface area (Å²) in [6, 6.07) is 20.1. The number of hydrogen-bond donors (Lipinski definition) is 2. The number of amides is 1. The normalized spacial score (nSPS) is 11.1. The molecule has 5 rings (SSSR count). The van der Waals surface area contributed by atoms with Gasteiger partial charge in [-0.25, -0.2) is 9.97 Å². The van der Waals surface area contributed by atoms with E-state index >= 15 is 0 Å². The number of hydrogen-bond acceptors (Lipinski definition) is 6. The molecule has 0 aliphatic carbocycles. The summed E-state index contributed by atoms with van der Waals surface area (Å²) in [7, 11) is 3.15. The van der Waals surface area contributed by atoms with Crippen molar-refractivity contribution in [2.75, 3.05) is 20.0 Å². The van der Waals surface area contributed by atoms with Gasteiger partial charge in [0.2, 0.25) is 0 Å². The quantitative estimate of drug-likeness (QED) is 0.358. The van der Waals surface area contributed by atoms with Crippen LogP contribution in [0.15, 0.2) is 66.7 Å². The van der Waals surface area contributed by atoms with Crippen LogP contribution in [0, 0.1) is 0 Å². The van der Waals surface area contributed by atoms with E-state index in [0.29, 0.717) is 44.4 Å². The molecule has 0 spiro atoms. The molecule has 3 aromatic carbocycles. The number of nitrogens with two attached hydrogens (primary N) is 1. The maximum atomic E-state index is 13.4. The molecule has 0 saturated heterocycles. The Balaban J connectivity index is 1.61. The summed E-state index contributed by atoms with van der Waals surface area (Å²) in [4.78, 5) is 23.0. The van der Waals surface area contributed by atoms with Crippen LogP contribution in [0.2, 0.25) is 5.02 Å². The Hall–Kier alpha value is -4.30. The fraction of sp³-hybridized carbons (Fsp3) is 0.115. The number of nitrogens with one attached hydrogen (secondary N) is 1. The SMILES string of the molecule is COc1cc(CNC(=O)c2c(N)n(-c3cccc(Cl)c3)c3nc4ccccc4nc23)cc(OC)c1. The van der Waals surface area contributed by atoms with Gasteiger partial charge in [-0.1, -0.05) is 29.8 Å².